The molecule has 3 aromatic heterocycles. The Labute approximate surface area is 165 Å². The van der Waals surface area contributed by atoms with Gasteiger partial charge in [-0.1, -0.05) is 6.07 Å². The Kier molecular flexibility index (Phi) is 4.53. The summed E-state index contributed by atoms with van der Waals surface area (Å²) in [7, 11) is 0. The Balaban J connectivity index is 1.47. The molecule has 2 fully saturated rings. The normalized spacial score (nSPS) is 22.5. The fourth-order valence-electron chi connectivity index (χ4n) is 4.30. The molecule has 1 saturated carbocycles. The first kappa shape index (κ1) is 17.6. The molecule has 0 amide bonds. The van der Waals surface area contributed by atoms with E-state index in [1.165, 1.54) is 18.4 Å². The van der Waals surface area contributed by atoms with Gasteiger partial charge in [0, 0.05) is 18.3 Å². The predicted octanol–water partition coefficient (Wildman–Crippen LogP) is 3.32. The molecule has 0 bridgehead atoms. The summed E-state index contributed by atoms with van der Waals surface area (Å²) < 4.78 is 2.12. The van der Waals surface area contributed by atoms with Crippen molar-refractivity contribution in [2.75, 3.05) is 11.9 Å². The zero-order valence-electron chi connectivity index (χ0n) is 16.2. The summed E-state index contributed by atoms with van der Waals surface area (Å²) in [5.41, 5.74) is 5.00. The second-order valence-corrected chi connectivity index (χ2v) is 8.19. The van der Waals surface area contributed by atoms with Gasteiger partial charge in [-0.3, -0.25) is 4.40 Å². The van der Waals surface area contributed by atoms with Crippen molar-refractivity contribution in [1.29, 1.82) is 0 Å². The van der Waals surface area contributed by atoms with Crippen molar-refractivity contribution in [3.05, 3.63) is 47.8 Å². The summed E-state index contributed by atoms with van der Waals surface area (Å²) in [5.74, 6) is 1.49. The van der Waals surface area contributed by atoms with E-state index in [9.17, 15) is 5.11 Å². The molecule has 4 heterocycles. The van der Waals surface area contributed by atoms with E-state index >= 15 is 0 Å². The minimum absolute atomic E-state index is 0.0663. The van der Waals surface area contributed by atoms with Crippen LogP contribution in [0.1, 0.15) is 49.7 Å². The number of rotatable bonds is 5. The van der Waals surface area contributed by atoms with Gasteiger partial charge in [0.15, 0.2) is 0 Å². The van der Waals surface area contributed by atoms with Gasteiger partial charge in [0.05, 0.1) is 24.2 Å². The van der Waals surface area contributed by atoms with Gasteiger partial charge in [-0.15, -0.1) is 0 Å². The van der Waals surface area contributed by atoms with Crippen LogP contribution in [0.4, 0.5) is 5.82 Å². The molecule has 5 rings (SSSR count). The fourth-order valence-corrected chi connectivity index (χ4v) is 4.30. The lowest BCUT2D eigenvalue weighted by Gasteiger charge is -2.29. The topological polar surface area (TPSA) is 74.5 Å². The largest absolute Gasteiger partial charge is 0.392 e. The number of fused-ring (bicyclic) bond motifs is 1. The molecular weight excluding hydrogens is 350 g/mol. The lowest BCUT2D eigenvalue weighted by atomic mass is 10.0. The number of aromatic nitrogens is 3. The first-order valence-electron chi connectivity index (χ1n) is 10.3. The second-order valence-electron chi connectivity index (χ2n) is 8.19. The van der Waals surface area contributed by atoms with Crippen molar-refractivity contribution in [2.45, 2.75) is 57.2 Å². The van der Waals surface area contributed by atoms with Crippen LogP contribution in [0.25, 0.3) is 17.0 Å². The number of aliphatic hydroxyl groups is 1. The maximum absolute atomic E-state index is 9.73. The van der Waals surface area contributed by atoms with E-state index in [1.54, 1.807) is 0 Å². The van der Waals surface area contributed by atoms with Crippen molar-refractivity contribution < 1.29 is 5.11 Å². The molecule has 6 heteroatoms. The highest BCUT2D eigenvalue weighted by Gasteiger charge is 2.27. The van der Waals surface area contributed by atoms with E-state index in [-0.39, 0.29) is 6.61 Å². The van der Waals surface area contributed by atoms with E-state index < -0.39 is 0 Å². The van der Waals surface area contributed by atoms with Crippen molar-refractivity contribution in [2.24, 2.45) is 0 Å². The molecule has 2 aliphatic rings. The van der Waals surface area contributed by atoms with Crippen LogP contribution in [0.5, 0.6) is 0 Å². The van der Waals surface area contributed by atoms with E-state index in [4.69, 9.17) is 4.98 Å². The van der Waals surface area contributed by atoms with Crippen LogP contribution >= 0.6 is 0 Å². The third-order valence-electron chi connectivity index (χ3n) is 5.94. The maximum atomic E-state index is 9.73. The van der Waals surface area contributed by atoms with Gasteiger partial charge in [-0.25, -0.2) is 9.97 Å². The Morgan fingerprint density at radius 3 is 2.96 bits per heavy atom. The molecule has 0 radical (unpaired) electrons. The quantitative estimate of drug-likeness (QED) is 0.636. The smallest absolute Gasteiger partial charge is 0.137 e. The van der Waals surface area contributed by atoms with Crippen LogP contribution in [-0.2, 0) is 6.61 Å². The average molecular weight is 377 g/mol. The summed E-state index contributed by atoms with van der Waals surface area (Å²) in [4.78, 5) is 9.44. The number of nitrogens with zero attached hydrogens (tertiary/aromatic N) is 3. The second kappa shape index (κ2) is 7.18. The van der Waals surface area contributed by atoms with E-state index in [2.05, 4.69) is 39.2 Å². The minimum Gasteiger partial charge on any atom is -0.392 e. The lowest BCUT2D eigenvalue weighted by molar-refractivity contribution is 0.280. The Bertz CT molecular complexity index is 994. The summed E-state index contributed by atoms with van der Waals surface area (Å²) >= 11 is 0. The van der Waals surface area contributed by atoms with Gasteiger partial charge >= 0.3 is 0 Å². The highest BCUT2D eigenvalue weighted by atomic mass is 16.3. The summed E-state index contributed by atoms with van der Waals surface area (Å²) in [6.07, 6.45) is 8.66. The van der Waals surface area contributed by atoms with Crippen LogP contribution in [-0.4, -0.2) is 38.1 Å². The van der Waals surface area contributed by atoms with Crippen LogP contribution in [0, 0.1) is 0 Å². The van der Waals surface area contributed by atoms with Crippen LogP contribution in [0.3, 0.4) is 0 Å². The van der Waals surface area contributed by atoms with Gasteiger partial charge in [0.2, 0.25) is 0 Å². The monoisotopic (exact) mass is 377 g/mol. The zero-order valence-corrected chi connectivity index (χ0v) is 16.2. The highest BCUT2D eigenvalue weighted by molar-refractivity contribution is 5.63. The van der Waals surface area contributed by atoms with Gasteiger partial charge in [0.1, 0.15) is 11.5 Å². The zero-order chi connectivity index (χ0) is 19.1. The van der Waals surface area contributed by atoms with Gasteiger partial charge in [-0.05, 0) is 74.4 Å². The van der Waals surface area contributed by atoms with Gasteiger partial charge in [-0.2, -0.15) is 0 Å². The molecule has 2 atom stereocenters. The molecule has 6 nitrogen and oxygen atoms in total. The molecule has 0 aromatic carbocycles. The highest BCUT2D eigenvalue weighted by Crippen LogP contribution is 2.42. The number of hydrogen-bond acceptors (Lipinski definition) is 5. The fraction of sp³-hybridized carbons (Fsp3) is 0.455. The molecule has 0 spiro atoms. The third-order valence-corrected chi connectivity index (χ3v) is 5.94. The standard InChI is InChI=1S/C22H27N5O/c1-14-9-17(7-8-23-14)25-21-4-2-3-19(26-21)20-11-24-22-10-16(13-28)18(12-27(20)22)15-5-6-15/h2-4,10-12,14-15,17,23,28H,5-9,13H2,1H3,(H,25,26)/t14-,17-/m0/s1. The lowest BCUT2D eigenvalue weighted by Crippen LogP contribution is -2.41. The number of nitrogens with one attached hydrogen (secondary N) is 2. The van der Waals surface area contributed by atoms with Crippen molar-refractivity contribution in [1.82, 2.24) is 19.7 Å². The van der Waals surface area contributed by atoms with Crippen LogP contribution in [0.15, 0.2) is 36.7 Å². The SMILES string of the molecule is C[C@H]1C[C@@H](Nc2cccc(-c3cnc4cc(CO)c(C5CC5)cn34)n2)CCN1. The van der Waals surface area contributed by atoms with Crippen molar-refractivity contribution >= 4 is 11.5 Å². The van der Waals surface area contributed by atoms with Crippen molar-refractivity contribution in [3.8, 4) is 11.4 Å². The van der Waals surface area contributed by atoms with Crippen LogP contribution in [0.2, 0.25) is 0 Å². The molecule has 1 saturated heterocycles. The maximum Gasteiger partial charge on any atom is 0.137 e. The summed E-state index contributed by atoms with van der Waals surface area (Å²) in [6.45, 7) is 3.34. The predicted molar refractivity (Wildman–Crippen MR) is 110 cm³/mol. The van der Waals surface area contributed by atoms with E-state index in [1.807, 2.05) is 24.4 Å². The number of anilines is 1. The first-order valence-corrected chi connectivity index (χ1v) is 10.3. The molecule has 3 N–H and O–H groups in total. The van der Waals surface area contributed by atoms with Crippen molar-refractivity contribution in [3.63, 3.8) is 0 Å². The molecule has 1 aliphatic heterocycles. The Morgan fingerprint density at radius 1 is 1.29 bits per heavy atom. The van der Waals surface area contributed by atoms with Gasteiger partial charge in [0.25, 0.3) is 0 Å². The molecule has 28 heavy (non-hydrogen) atoms. The van der Waals surface area contributed by atoms with Crippen LogP contribution < -0.4 is 10.6 Å². The molecule has 146 valence electrons. The summed E-state index contributed by atoms with van der Waals surface area (Å²) in [6, 6.07) is 9.13. The molecule has 3 aromatic rings. The third kappa shape index (κ3) is 3.38. The molecule has 1 aliphatic carbocycles. The number of imidazole rings is 1. The van der Waals surface area contributed by atoms with E-state index in [0.29, 0.717) is 18.0 Å². The number of aliphatic hydroxyl groups excluding tert-OH is 1. The van der Waals surface area contributed by atoms with Gasteiger partial charge < -0.3 is 15.7 Å². The Hall–Kier alpha value is -2.44. The summed E-state index contributed by atoms with van der Waals surface area (Å²) in [5, 5.41) is 16.8. The number of hydrogen-bond donors (Lipinski definition) is 3. The average Bonchev–Trinajstić information content (AvgIpc) is 3.47. The number of pyridine rings is 2. The first-order chi connectivity index (χ1) is 13.7. The van der Waals surface area contributed by atoms with E-state index in [0.717, 1.165) is 47.8 Å². The molecule has 0 unspecified atom stereocenters. The minimum atomic E-state index is 0.0663. The number of piperidine rings is 1. The Morgan fingerprint density at radius 2 is 2.18 bits per heavy atom. The molecular formula is C22H27N5O.